The number of nitrogens with one attached hydrogen (secondary N) is 1. The van der Waals surface area contributed by atoms with Crippen LogP contribution in [0.1, 0.15) is 32.4 Å². The molecule has 1 aromatic rings. The zero-order chi connectivity index (χ0) is 15.6. The van der Waals surface area contributed by atoms with Crippen LogP contribution in [-0.2, 0) is 4.74 Å². The summed E-state index contributed by atoms with van der Waals surface area (Å²) >= 11 is 6.20. The van der Waals surface area contributed by atoms with E-state index in [1.54, 1.807) is 23.1 Å². The van der Waals surface area contributed by atoms with E-state index in [2.05, 4.69) is 5.32 Å². The van der Waals surface area contributed by atoms with E-state index in [-0.39, 0.29) is 11.8 Å². The van der Waals surface area contributed by atoms with Gasteiger partial charge in [-0.05, 0) is 32.9 Å². The molecule has 0 bridgehead atoms. The van der Waals surface area contributed by atoms with E-state index in [1.165, 1.54) is 0 Å². The highest BCUT2D eigenvalue weighted by Crippen LogP contribution is 2.35. The number of carbonyl (C=O) groups excluding carboxylic acids is 1. The van der Waals surface area contributed by atoms with Crippen LogP contribution in [0, 0.1) is 0 Å². The molecule has 2 N–H and O–H groups in total. The van der Waals surface area contributed by atoms with Crippen molar-refractivity contribution in [3.05, 3.63) is 28.8 Å². The minimum atomic E-state index is -0.560. The number of ether oxygens (including phenoxy) is 1. The van der Waals surface area contributed by atoms with Gasteiger partial charge in [-0.25, -0.2) is 4.79 Å². The summed E-state index contributed by atoms with van der Waals surface area (Å²) in [6.45, 7) is 7.20. The molecule has 2 rings (SSSR count). The molecule has 1 saturated heterocycles. The summed E-state index contributed by atoms with van der Waals surface area (Å²) in [5.41, 5.74) is -0.00749. The smallest absolute Gasteiger partial charge is 0.410 e. The van der Waals surface area contributed by atoms with Gasteiger partial charge in [-0.15, -0.1) is 0 Å². The highest BCUT2D eigenvalue weighted by Gasteiger charge is 2.33. The predicted molar refractivity (Wildman–Crippen MR) is 81.7 cm³/mol. The Morgan fingerprint density at radius 2 is 2.19 bits per heavy atom. The lowest BCUT2D eigenvalue weighted by atomic mass is 10.0. The van der Waals surface area contributed by atoms with Crippen molar-refractivity contribution in [2.45, 2.75) is 32.4 Å². The number of nitrogens with zero attached hydrogens (tertiary/aromatic N) is 1. The standard InChI is InChI=1S/C15H21ClN2O3/c1-15(2,3)21-14(20)18-8-7-17-9-11(18)13-10(16)5-4-6-12(13)19/h4-6,11,17,19H,7-9H2,1-3H3. The second-order valence-electron chi connectivity index (χ2n) is 6.07. The fourth-order valence-corrected chi connectivity index (χ4v) is 2.65. The Balaban J connectivity index is 2.29. The number of phenols is 1. The molecule has 0 aromatic heterocycles. The SMILES string of the molecule is CC(C)(C)OC(=O)N1CCNCC1c1c(O)cccc1Cl. The van der Waals surface area contributed by atoms with Crippen LogP contribution in [0.4, 0.5) is 4.79 Å². The molecule has 0 radical (unpaired) electrons. The minimum absolute atomic E-state index is 0.0877. The summed E-state index contributed by atoms with van der Waals surface area (Å²) in [7, 11) is 0. The van der Waals surface area contributed by atoms with E-state index in [0.717, 1.165) is 0 Å². The second kappa shape index (κ2) is 6.12. The molecule has 1 aliphatic rings. The van der Waals surface area contributed by atoms with Crippen LogP contribution in [0.3, 0.4) is 0 Å². The van der Waals surface area contributed by atoms with Gasteiger partial charge in [-0.1, -0.05) is 17.7 Å². The van der Waals surface area contributed by atoms with Gasteiger partial charge in [0.25, 0.3) is 0 Å². The molecular weight excluding hydrogens is 292 g/mol. The third-order valence-electron chi connectivity index (χ3n) is 3.23. The normalized spacial score (nSPS) is 19.4. The van der Waals surface area contributed by atoms with Crippen molar-refractivity contribution in [1.29, 1.82) is 0 Å². The molecule has 1 heterocycles. The van der Waals surface area contributed by atoms with Crippen LogP contribution in [-0.4, -0.2) is 41.3 Å². The Bertz CT molecular complexity index is 508. The van der Waals surface area contributed by atoms with Gasteiger partial charge in [0.1, 0.15) is 11.4 Å². The van der Waals surface area contributed by atoms with Gasteiger partial charge < -0.3 is 15.2 Å². The van der Waals surface area contributed by atoms with Gasteiger partial charge in [0.05, 0.1) is 6.04 Å². The zero-order valence-electron chi connectivity index (χ0n) is 12.5. The number of piperazine rings is 1. The lowest BCUT2D eigenvalue weighted by molar-refractivity contribution is 0.0116. The summed E-state index contributed by atoms with van der Waals surface area (Å²) in [6.07, 6.45) is -0.395. The van der Waals surface area contributed by atoms with Crippen molar-refractivity contribution >= 4 is 17.7 Å². The minimum Gasteiger partial charge on any atom is -0.508 e. The maximum atomic E-state index is 12.4. The average Bonchev–Trinajstić information content (AvgIpc) is 2.37. The van der Waals surface area contributed by atoms with E-state index in [4.69, 9.17) is 16.3 Å². The molecule has 116 valence electrons. The highest BCUT2D eigenvalue weighted by molar-refractivity contribution is 6.31. The summed E-state index contributed by atoms with van der Waals surface area (Å²) < 4.78 is 5.44. The molecule has 1 unspecified atom stereocenters. The first-order chi connectivity index (χ1) is 9.79. The Labute approximate surface area is 129 Å². The van der Waals surface area contributed by atoms with Gasteiger partial charge >= 0.3 is 6.09 Å². The number of rotatable bonds is 1. The van der Waals surface area contributed by atoms with Gasteiger partial charge in [-0.3, -0.25) is 4.90 Å². The lowest BCUT2D eigenvalue weighted by Gasteiger charge is -2.37. The van der Waals surface area contributed by atoms with Gasteiger partial charge in [0.2, 0.25) is 0 Å². The maximum absolute atomic E-state index is 12.4. The van der Waals surface area contributed by atoms with E-state index >= 15 is 0 Å². The summed E-state index contributed by atoms with van der Waals surface area (Å²) in [5.74, 6) is 0.0877. The van der Waals surface area contributed by atoms with Crippen LogP contribution in [0.15, 0.2) is 18.2 Å². The average molecular weight is 313 g/mol. The maximum Gasteiger partial charge on any atom is 0.410 e. The largest absolute Gasteiger partial charge is 0.508 e. The molecule has 1 fully saturated rings. The summed E-state index contributed by atoms with van der Waals surface area (Å²) in [4.78, 5) is 14.0. The van der Waals surface area contributed by atoms with Crippen molar-refractivity contribution < 1.29 is 14.6 Å². The lowest BCUT2D eigenvalue weighted by Crippen LogP contribution is -2.50. The second-order valence-corrected chi connectivity index (χ2v) is 6.47. The Kier molecular flexibility index (Phi) is 4.64. The summed E-state index contributed by atoms with van der Waals surface area (Å²) in [5, 5.41) is 13.7. The third-order valence-corrected chi connectivity index (χ3v) is 3.56. The first kappa shape index (κ1) is 15.9. The molecule has 0 spiro atoms. The van der Waals surface area contributed by atoms with E-state index in [1.807, 2.05) is 20.8 Å². The number of carbonyl (C=O) groups is 1. The van der Waals surface area contributed by atoms with Crippen LogP contribution < -0.4 is 5.32 Å². The number of amides is 1. The van der Waals surface area contributed by atoms with Crippen LogP contribution in [0.25, 0.3) is 0 Å². The third kappa shape index (κ3) is 3.80. The molecular formula is C15H21ClN2O3. The number of phenolic OH excluding ortho intramolecular Hbond substituents is 1. The van der Waals surface area contributed by atoms with Gasteiger partial charge in [-0.2, -0.15) is 0 Å². The van der Waals surface area contributed by atoms with Crippen molar-refractivity contribution in [3.8, 4) is 5.75 Å². The number of aromatic hydroxyl groups is 1. The van der Waals surface area contributed by atoms with Gasteiger partial charge in [0, 0.05) is 30.2 Å². The zero-order valence-corrected chi connectivity index (χ0v) is 13.3. The Hall–Kier alpha value is -1.46. The molecule has 0 saturated carbocycles. The van der Waals surface area contributed by atoms with E-state index < -0.39 is 11.7 Å². The Morgan fingerprint density at radius 3 is 2.81 bits per heavy atom. The molecule has 5 nitrogen and oxygen atoms in total. The monoisotopic (exact) mass is 312 g/mol. The van der Waals surface area contributed by atoms with Crippen molar-refractivity contribution in [2.24, 2.45) is 0 Å². The molecule has 0 aliphatic carbocycles. The molecule has 6 heteroatoms. The van der Waals surface area contributed by atoms with E-state index in [0.29, 0.717) is 30.2 Å². The quantitative estimate of drug-likeness (QED) is 0.837. The van der Waals surface area contributed by atoms with Crippen LogP contribution in [0.2, 0.25) is 5.02 Å². The fourth-order valence-electron chi connectivity index (χ4n) is 2.36. The highest BCUT2D eigenvalue weighted by atomic mass is 35.5. The van der Waals surface area contributed by atoms with Crippen LogP contribution >= 0.6 is 11.6 Å². The van der Waals surface area contributed by atoms with Crippen molar-refractivity contribution in [2.75, 3.05) is 19.6 Å². The Morgan fingerprint density at radius 1 is 1.48 bits per heavy atom. The molecule has 1 amide bonds. The fraction of sp³-hybridized carbons (Fsp3) is 0.533. The number of hydrogen-bond acceptors (Lipinski definition) is 4. The number of benzene rings is 1. The molecule has 21 heavy (non-hydrogen) atoms. The van der Waals surface area contributed by atoms with Crippen LogP contribution in [0.5, 0.6) is 5.75 Å². The van der Waals surface area contributed by atoms with E-state index in [9.17, 15) is 9.90 Å². The molecule has 1 aromatic carbocycles. The summed E-state index contributed by atoms with van der Waals surface area (Å²) in [6, 6.07) is 4.61. The van der Waals surface area contributed by atoms with Crippen molar-refractivity contribution in [1.82, 2.24) is 10.2 Å². The first-order valence-corrected chi connectivity index (χ1v) is 7.35. The number of halogens is 1. The molecule has 1 atom stereocenters. The van der Waals surface area contributed by atoms with Crippen molar-refractivity contribution in [3.63, 3.8) is 0 Å². The first-order valence-electron chi connectivity index (χ1n) is 6.97. The topological polar surface area (TPSA) is 61.8 Å². The van der Waals surface area contributed by atoms with Gasteiger partial charge in [0.15, 0.2) is 0 Å². The molecule has 1 aliphatic heterocycles. The number of hydrogen-bond donors (Lipinski definition) is 2. The predicted octanol–water partition coefficient (Wildman–Crippen LogP) is 2.93.